The number of aromatic nitrogens is 5. The second-order valence-corrected chi connectivity index (χ2v) is 7.63. The van der Waals surface area contributed by atoms with Crippen LogP contribution in [-0.4, -0.2) is 37.7 Å². The molecule has 0 atom stereocenters. The van der Waals surface area contributed by atoms with Gasteiger partial charge in [-0.05, 0) is 30.3 Å². The van der Waals surface area contributed by atoms with Crippen molar-refractivity contribution in [1.29, 1.82) is 0 Å². The molecule has 0 radical (unpaired) electrons. The lowest BCUT2D eigenvalue weighted by atomic mass is 10.2. The highest BCUT2D eigenvalue weighted by Gasteiger charge is 2.13. The first-order chi connectivity index (χ1) is 15.0. The number of methoxy groups -OCH3 is 1. The Morgan fingerprint density at radius 3 is 2.87 bits per heavy atom. The van der Waals surface area contributed by atoms with E-state index in [0.717, 1.165) is 0 Å². The van der Waals surface area contributed by atoms with Crippen molar-refractivity contribution < 1.29 is 9.53 Å². The Bertz CT molecular complexity index is 1300. The number of nitrogens with one attached hydrogen (secondary N) is 2. The van der Waals surface area contributed by atoms with Crippen molar-refractivity contribution in [3.63, 3.8) is 0 Å². The van der Waals surface area contributed by atoms with Crippen LogP contribution in [0, 0.1) is 0 Å². The number of benzene rings is 2. The number of thioether (sulfide) groups is 1. The summed E-state index contributed by atoms with van der Waals surface area (Å²) in [6.07, 6.45) is 0. The van der Waals surface area contributed by atoms with Crippen molar-refractivity contribution in [2.45, 2.75) is 17.5 Å². The summed E-state index contributed by atoms with van der Waals surface area (Å²) < 4.78 is 6.95. The number of fused-ring (bicyclic) bond motifs is 1. The zero-order valence-corrected chi connectivity index (χ0v) is 17.8. The molecule has 158 valence electrons. The molecule has 0 spiro atoms. The maximum atomic E-state index is 12.4. The molecule has 0 saturated heterocycles. The highest BCUT2D eigenvalue weighted by Crippen LogP contribution is 2.20. The van der Waals surface area contributed by atoms with Crippen LogP contribution in [0.1, 0.15) is 22.0 Å². The highest BCUT2D eigenvalue weighted by atomic mass is 32.2. The summed E-state index contributed by atoms with van der Waals surface area (Å²) in [6.45, 7) is 0.227. The van der Waals surface area contributed by atoms with Crippen LogP contribution in [0.3, 0.4) is 0 Å². The van der Waals surface area contributed by atoms with E-state index >= 15 is 0 Å². The lowest BCUT2D eigenvalue weighted by Crippen LogP contribution is -2.24. The molecule has 1 amide bonds. The van der Waals surface area contributed by atoms with Crippen molar-refractivity contribution in [1.82, 2.24) is 30.0 Å². The maximum Gasteiger partial charge on any atom is 0.258 e. The monoisotopic (exact) mass is 436 g/mol. The van der Waals surface area contributed by atoms with Crippen molar-refractivity contribution in [2.75, 3.05) is 7.11 Å². The average molecular weight is 436 g/mol. The number of amides is 1. The van der Waals surface area contributed by atoms with Gasteiger partial charge in [-0.15, -0.1) is 10.2 Å². The van der Waals surface area contributed by atoms with Crippen LogP contribution in [0.5, 0.6) is 5.75 Å². The predicted octanol–water partition coefficient (Wildman–Crippen LogP) is 2.28. The van der Waals surface area contributed by atoms with Gasteiger partial charge in [-0.25, -0.2) is 4.98 Å². The largest absolute Gasteiger partial charge is 0.497 e. The first-order valence-electron chi connectivity index (χ1n) is 9.46. The molecular weight excluding hydrogens is 416 g/mol. The minimum Gasteiger partial charge on any atom is -0.497 e. The number of para-hydroxylation sites is 1. The molecule has 0 saturated carbocycles. The van der Waals surface area contributed by atoms with Crippen LogP contribution in [0.15, 0.2) is 58.5 Å². The van der Waals surface area contributed by atoms with Gasteiger partial charge in [0.1, 0.15) is 11.6 Å². The van der Waals surface area contributed by atoms with E-state index in [9.17, 15) is 9.59 Å². The number of hydrogen-bond acceptors (Lipinski definition) is 7. The third-order valence-electron chi connectivity index (χ3n) is 4.66. The molecule has 0 aliphatic heterocycles. The van der Waals surface area contributed by atoms with Gasteiger partial charge in [-0.3, -0.25) is 9.59 Å². The molecule has 9 nitrogen and oxygen atoms in total. The van der Waals surface area contributed by atoms with Gasteiger partial charge in [0.05, 0.1) is 30.3 Å². The summed E-state index contributed by atoms with van der Waals surface area (Å²) in [5.74, 6) is 1.99. The smallest absolute Gasteiger partial charge is 0.258 e. The van der Waals surface area contributed by atoms with E-state index in [1.54, 1.807) is 42.0 Å². The molecule has 0 unspecified atom stereocenters. The number of nitrogens with zero attached hydrogens (tertiary/aromatic N) is 4. The molecule has 2 N–H and O–H groups in total. The predicted molar refractivity (Wildman–Crippen MR) is 117 cm³/mol. The number of hydrogen-bond donors (Lipinski definition) is 2. The van der Waals surface area contributed by atoms with Gasteiger partial charge in [0.15, 0.2) is 11.0 Å². The van der Waals surface area contributed by atoms with Gasteiger partial charge < -0.3 is 19.6 Å². The van der Waals surface area contributed by atoms with E-state index in [2.05, 4.69) is 25.5 Å². The Hall–Kier alpha value is -3.66. The fourth-order valence-electron chi connectivity index (χ4n) is 2.99. The second-order valence-electron chi connectivity index (χ2n) is 6.69. The van der Waals surface area contributed by atoms with Gasteiger partial charge in [-0.2, -0.15) is 0 Å². The molecule has 2 aromatic carbocycles. The molecule has 10 heteroatoms. The second kappa shape index (κ2) is 9.00. The third-order valence-corrected chi connectivity index (χ3v) is 5.70. The maximum absolute atomic E-state index is 12.4. The summed E-state index contributed by atoms with van der Waals surface area (Å²) in [7, 11) is 3.38. The topological polar surface area (TPSA) is 115 Å². The van der Waals surface area contributed by atoms with E-state index in [0.29, 0.717) is 44.8 Å². The summed E-state index contributed by atoms with van der Waals surface area (Å²) in [4.78, 5) is 31.9. The van der Waals surface area contributed by atoms with Crippen LogP contribution in [-0.2, 0) is 19.3 Å². The summed E-state index contributed by atoms with van der Waals surface area (Å²) in [5, 5.41) is 12.4. The molecule has 0 bridgehead atoms. The van der Waals surface area contributed by atoms with Crippen LogP contribution in [0.25, 0.3) is 10.9 Å². The van der Waals surface area contributed by atoms with Crippen LogP contribution < -0.4 is 15.6 Å². The molecular formula is C21H20N6O3S. The lowest BCUT2D eigenvalue weighted by molar-refractivity contribution is 0.0949. The van der Waals surface area contributed by atoms with E-state index in [4.69, 9.17) is 4.74 Å². The van der Waals surface area contributed by atoms with Gasteiger partial charge in [0.25, 0.3) is 11.5 Å². The molecule has 2 aromatic heterocycles. The zero-order valence-electron chi connectivity index (χ0n) is 17.0. The van der Waals surface area contributed by atoms with Gasteiger partial charge in [-0.1, -0.05) is 30.0 Å². The zero-order chi connectivity index (χ0) is 21.8. The van der Waals surface area contributed by atoms with Crippen molar-refractivity contribution in [3.05, 3.63) is 76.1 Å². The van der Waals surface area contributed by atoms with Crippen molar-refractivity contribution in [2.24, 2.45) is 7.05 Å². The lowest BCUT2D eigenvalue weighted by Gasteiger charge is -2.07. The van der Waals surface area contributed by atoms with E-state index in [-0.39, 0.29) is 18.0 Å². The molecule has 0 fully saturated rings. The Balaban J connectivity index is 1.40. The molecule has 0 aliphatic carbocycles. The number of aromatic amines is 1. The first-order valence-corrected chi connectivity index (χ1v) is 10.4. The number of rotatable bonds is 7. The highest BCUT2D eigenvalue weighted by molar-refractivity contribution is 7.98. The van der Waals surface area contributed by atoms with Crippen LogP contribution in [0.2, 0.25) is 0 Å². The van der Waals surface area contributed by atoms with Crippen molar-refractivity contribution in [3.8, 4) is 5.75 Å². The van der Waals surface area contributed by atoms with E-state index in [1.807, 2.05) is 25.2 Å². The standard InChI is InChI=1S/C21H20N6O3S/c1-27-18(11-22-19(28)13-6-5-7-14(10-13)30-2)25-26-21(27)31-12-17-23-16-9-4-3-8-15(16)20(29)24-17/h3-10H,11-12H2,1-2H3,(H,22,28)(H,23,24,29). The summed E-state index contributed by atoms with van der Waals surface area (Å²) in [5.41, 5.74) is 0.989. The first kappa shape index (κ1) is 20.6. The minimum atomic E-state index is -0.228. The van der Waals surface area contributed by atoms with Gasteiger partial charge in [0, 0.05) is 12.6 Å². The fourth-order valence-corrected chi connectivity index (χ4v) is 3.79. The van der Waals surface area contributed by atoms with Gasteiger partial charge >= 0.3 is 0 Å². The minimum absolute atomic E-state index is 0.167. The summed E-state index contributed by atoms with van der Waals surface area (Å²) in [6, 6.07) is 14.1. The normalized spacial score (nSPS) is 10.9. The SMILES string of the molecule is COc1cccc(C(=O)NCc2nnc(SCc3nc4ccccc4c(=O)[nH]3)n2C)c1. The van der Waals surface area contributed by atoms with Crippen LogP contribution >= 0.6 is 11.8 Å². The number of ether oxygens (including phenoxy) is 1. The molecule has 4 aromatic rings. The third kappa shape index (κ3) is 4.58. The summed E-state index contributed by atoms with van der Waals surface area (Å²) >= 11 is 1.40. The number of carbonyl (C=O) groups is 1. The molecule has 31 heavy (non-hydrogen) atoms. The Labute approximate surface area is 181 Å². The fraction of sp³-hybridized carbons (Fsp3) is 0.190. The van der Waals surface area contributed by atoms with Crippen LogP contribution in [0.4, 0.5) is 0 Å². The Morgan fingerprint density at radius 1 is 1.19 bits per heavy atom. The van der Waals surface area contributed by atoms with E-state index in [1.165, 1.54) is 11.8 Å². The molecule has 2 heterocycles. The Morgan fingerprint density at radius 2 is 2.03 bits per heavy atom. The van der Waals surface area contributed by atoms with Gasteiger partial charge in [0.2, 0.25) is 0 Å². The van der Waals surface area contributed by atoms with E-state index < -0.39 is 0 Å². The average Bonchev–Trinajstić information content (AvgIpc) is 3.15. The quantitative estimate of drug-likeness (QED) is 0.427. The molecule has 4 rings (SSSR count). The Kier molecular flexibility index (Phi) is 5.99. The number of H-pyrrole nitrogens is 1. The number of carbonyl (C=O) groups excluding carboxylic acids is 1. The van der Waals surface area contributed by atoms with Crippen molar-refractivity contribution >= 4 is 28.6 Å². The molecule has 0 aliphatic rings.